The summed E-state index contributed by atoms with van der Waals surface area (Å²) in [7, 11) is -3.59. The lowest BCUT2D eigenvalue weighted by molar-refractivity contribution is -0.120. The maximum atomic E-state index is 12.3. The molecule has 0 heterocycles. The van der Waals surface area contributed by atoms with E-state index in [-0.39, 0.29) is 24.4 Å². The molecular weight excluding hydrogens is 324 g/mol. The Hall–Kier alpha value is -2.08. The SMILES string of the molecule is CC(C)C(C)NC(=O)CN(c1cccc2ccccc12)S(C)(=O)=O. The van der Waals surface area contributed by atoms with E-state index in [1.165, 1.54) is 0 Å². The first-order chi connectivity index (χ1) is 11.2. The summed E-state index contributed by atoms with van der Waals surface area (Å²) in [6.45, 7) is 5.68. The molecule has 0 bridgehead atoms. The van der Waals surface area contributed by atoms with Crippen LogP contribution in [0.25, 0.3) is 10.8 Å². The summed E-state index contributed by atoms with van der Waals surface area (Å²) in [4.78, 5) is 12.3. The molecule has 0 radical (unpaired) electrons. The highest BCUT2D eigenvalue weighted by Gasteiger charge is 2.23. The fourth-order valence-electron chi connectivity index (χ4n) is 2.40. The summed E-state index contributed by atoms with van der Waals surface area (Å²) in [5, 5.41) is 4.59. The Balaban J connectivity index is 2.38. The average molecular weight is 348 g/mol. The fourth-order valence-corrected chi connectivity index (χ4v) is 3.27. The molecule has 130 valence electrons. The van der Waals surface area contributed by atoms with Crippen molar-refractivity contribution in [1.29, 1.82) is 0 Å². The highest BCUT2D eigenvalue weighted by atomic mass is 32.2. The number of hydrogen-bond donors (Lipinski definition) is 1. The van der Waals surface area contributed by atoms with Crippen LogP contribution in [0.5, 0.6) is 0 Å². The zero-order valence-corrected chi connectivity index (χ0v) is 15.3. The van der Waals surface area contributed by atoms with Gasteiger partial charge >= 0.3 is 0 Å². The lowest BCUT2D eigenvalue weighted by Gasteiger charge is -2.25. The predicted octanol–water partition coefficient (Wildman–Crippen LogP) is 2.77. The summed E-state index contributed by atoms with van der Waals surface area (Å²) in [5.41, 5.74) is 0.517. The third-order valence-electron chi connectivity index (χ3n) is 4.11. The van der Waals surface area contributed by atoms with Crippen LogP contribution in [0.1, 0.15) is 20.8 Å². The number of anilines is 1. The van der Waals surface area contributed by atoms with Crippen molar-refractivity contribution >= 4 is 32.4 Å². The molecule has 2 aromatic carbocycles. The van der Waals surface area contributed by atoms with Gasteiger partial charge in [-0.1, -0.05) is 50.2 Å². The lowest BCUT2D eigenvalue weighted by atomic mass is 10.1. The molecule has 0 fully saturated rings. The van der Waals surface area contributed by atoms with E-state index in [1.54, 1.807) is 12.1 Å². The van der Waals surface area contributed by atoms with E-state index in [4.69, 9.17) is 0 Å². The summed E-state index contributed by atoms with van der Waals surface area (Å²) < 4.78 is 25.7. The van der Waals surface area contributed by atoms with Crippen LogP contribution in [0, 0.1) is 5.92 Å². The zero-order chi connectivity index (χ0) is 17.9. The van der Waals surface area contributed by atoms with Gasteiger partial charge in [0.15, 0.2) is 0 Å². The topological polar surface area (TPSA) is 66.5 Å². The molecule has 1 atom stereocenters. The lowest BCUT2D eigenvalue weighted by Crippen LogP contribution is -2.44. The van der Waals surface area contributed by atoms with Crippen molar-refractivity contribution in [3.05, 3.63) is 42.5 Å². The third kappa shape index (κ3) is 4.26. The summed E-state index contributed by atoms with van der Waals surface area (Å²) in [6.07, 6.45) is 1.12. The van der Waals surface area contributed by atoms with Crippen molar-refractivity contribution < 1.29 is 13.2 Å². The molecule has 0 saturated heterocycles. The molecular formula is C18H24N2O3S. The summed E-state index contributed by atoms with van der Waals surface area (Å²) in [5.74, 6) is -0.0345. The minimum atomic E-state index is -3.59. The smallest absolute Gasteiger partial charge is 0.240 e. The van der Waals surface area contributed by atoms with Gasteiger partial charge in [-0.15, -0.1) is 0 Å². The molecule has 0 aromatic heterocycles. The van der Waals surface area contributed by atoms with Gasteiger partial charge in [0.05, 0.1) is 11.9 Å². The predicted molar refractivity (Wildman–Crippen MR) is 98.6 cm³/mol. The van der Waals surface area contributed by atoms with Crippen molar-refractivity contribution in [2.24, 2.45) is 5.92 Å². The number of nitrogens with one attached hydrogen (secondary N) is 1. The number of rotatable bonds is 6. The number of carbonyl (C=O) groups is 1. The van der Waals surface area contributed by atoms with E-state index in [1.807, 2.05) is 51.1 Å². The number of nitrogens with zero attached hydrogens (tertiary/aromatic N) is 1. The minimum Gasteiger partial charge on any atom is -0.352 e. The molecule has 2 aromatic rings. The van der Waals surface area contributed by atoms with Crippen molar-refractivity contribution in [1.82, 2.24) is 5.32 Å². The van der Waals surface area contributed by atoms with Gasteiger partial charge in [0, 0.05) is 11.4 Å². The van der Waals surface area contributed by atoms with Crippen LogP contribution in [0.4, 0.5) is 5.69 Å². The minimum absolute atomic E-state index is 0.0218. The van der Waals surface area contributed by atoms with E-state index in [0.717, 1.165) is 21.3 Å². The molecule has 2 rings (SSSR count). The van der Waals surface area contributed by atoms with E-state index in [0.29, 0.717) is 5.69 Å². The van der Waals surface area contributed by atoms with Gasteiger partial charge in [-0.05, 0) is 24.3 Å². The maximum Gasteiger partial charge on any atom is 0.240 e. The molecule has 1 amide bonds. The molecule has 1 N–H and O–H groups in total. The summed E-state index contributed by atoms with van der Waals surface area (Å²) in [6, 6.07) is 12.9. The summed E-state index contributed by atoms with van der Waals surface area (Å²) >= 11 is 0. The first kappa shape index (κ1) is 18.3. The first-order valence-electron chi connectivity index (χ1n) is 7.95. The normalized spacial score (nSPS) is 13.0. The first-order valence-corrected chi connectivity index (χ1v) is 9.80. The van der Waals surface area contributed by atoms with Gasteiger partial charge in [0.2, 0.25) is 15.9 Å². The Morgan fingerprint density at radius 1 is 1.08 bits per heavy atom. The van der Waals surface area contributed by atoms with E-state index in [9.17, 15) is 13.2 Å². The molecule has 0 aliphatic rings. The molecule has 0 aliphatic heterocycles. The Kier molecular flexibility index (Phi) is 5.49. The second kappa shape index (κ2) is 7.21. The fraction of sp³-hybridized carbons (Fsp3) is 0.389. The van der Waals surface area contributed by atoms with Crippen molar-refractivity contribution in [3.63, 3.8) is 0 Å². The number of fused-ring (bicyclic) bond motifs is 1. The molecule has 0 spiro atoms. The van der Waals surface area contributed by atoms with Crippen LogP contribution in [-0.2, 0) is 14.8 Å². The Bertz CT molecular complexity index is 826. The molecule has 0 saturated carbocycles. The van der Waals surface area contributed by atoms with Gasteiger partial charge < -0.3 is 5.32 Å². The molecule has 6 heteroatoms. The average Bonchev–Trinajstić information content (AvgIpc) is 2.51. The van der Waals surface area contributed by atoms with Gasteiger partial charge in [-0.25, -0.2) is 8.42 Å². The molecule has 1 unspecified atom stereocenters. The van der Waals surface area contributed by atoms with Crippen molar-refractivity contribution in [2.75, 3.05) is 17.1 Å². The van der Waals surface area contributed by atoms with E-state index < -0.39 is 10.0 Å². The third-order valence-corrected chi connectivity index (χ3v) is 5.24. The van der Waals surface area contributed by atoms with Crippen molar-refractivity contribution in [3.8, 4) is 0 Å². The maximum absolute atomic E-state index is 12.3. The zero-order valence-electron chi connectivity index (χ0n) is 14.5. The Morgan fingerprint density at radius 3 is 2.33 bits per heavy atom. The van der Waals surface area contributed by atoms with Gasteiger partial charge in [0.25, 0.3) is 0 Å². The quantitative estimate of drug-likeness (QED) is 0.873. The van der Waals surface area contributed by atoms with Crippen LogP contribution < -0.4 is 9.62 Å². The van der Waals surface area contributed by atoms with Gasteiger partial charge in [-0.3, -0.25) is 9.10 Å². The molecule has 5 nitrogen and oxygen atoms in total. The Morgan fingerprint density at radius 2 is 1.71 bits per heavy atom. The monoisotopic (exact) mass is 348 g/mol. The van der Waals surface area contributed by atoms with Crippen LogP contribution in [0.2, 0.25) is 0 Å². The van der Waals surface area contributed by atoms with E-state index in [2.05, 4.69) is 5.32 Å². The molecule has 24 heavy (non-hydrogen) atoms. The Labute approximate surface area is 143 Å². The number of hydrogen-bond acceptors (Lipinski definition) is 3. The number of amides is 1. The standard InChI is InChI=1S/C18H24N2O3S/c1-13(2)14(3)19-18(21)12-20(24(4,22)23)17-11-7-9-15-8-5-6-10-16(15)17/h5-11,13-14H,12H2,1-4H3,(H,19,21). The number of carbonyl (C=O) groups excluding carboxylic acids is 1. The molecule has 0 aliphatic carbocycles. The number of benzene rings is 2. The second-order valence-corrected chi connectivity index (χ2v) is 8.27. The highest BCUT2D eigenvalue weighted by molar-refractivity contribution is 7.92. The van der Waals surface area contributed by atoms with Crippen LogP contribution in [0.15, 0.2) is 42.5 Å². The van der Waals surface area contributed by atoms with Gasteiger partial charge in [-0.2, -0.15) is 0 Å². The van der Waals surface area contributed by atoms with Gasteiger partial charge in [0.1, 0.15) is 6.54 Å². The van der Waals surface area contributed by atoms with E-state index >= 15 is 0 Å². The van der Waals surface area contributed by atoms with Crippen molar-refractivity contribution in [2.45, 2.75) is 26.8 Å². The highest BCUT2D eigenvalue weighted by Crippen LogP contribution is 2.28. The van der Waals surface area contributed by atoms with Crippen LogP contribution >= 0.6 is 0 Å². The number of sulfonamides is 1. The largest absolute Gasteiger partial charge is 0.352 e. The van der Waals surface area contributed by atoms with Crippen LogP contribution in [-0.4, -0.2) is 33.2 Å². The van der Waals surface area contributed by atoms with Crippen LogP contribution in [0.3, 0.4) is 0 Å². The second-order valence-electron chi connectivity index (χ2n) is 6.37.